The Kier molecular flexibility index (Phi) is 5.75. The van der Waals surface area contributed by atoms with Crippen LogP contribution < -0.4 is 15.8 Å². The fourth-order valence-electron chi connectivity index (χ4n) is 2.42. The van der Waals surface area contributed by atoms with Crippen LogP contribution in [-0.2, 0) is 16.1 Å². The summed E-state index contributed by atoms with van der Waals surface area (Å²) < 4.78 is 10.5. The molecule has 2 rings (SSSR count). The van der Waals surface area contributed by atoms with Crippen molar-refractivity contribution in [2.75, 3.05) is 20.8 Å². The van der Waals surface area contributed by atoms with Crippen LogP contribution in [0.5, 0.6) is 5.75 Å². The minimum Gasteiger partial charge on any atom is -0.496 e. The first-order chi connectivity index (χ1) is 10.7. The van der Waals surface area contributed by atoms with Crippen molar-refractivity contribution in [3.63, 3.8) is 0 Å². The molecular weight excluding hydrogens is 280 g/mol. The Morgan fingerprint density at radius 1 is 1.23 bits per heavy atom. The summed E-state index contributed by atoms with van der Waals surface area (Å²) >= 11 is 0. The maximum atomic E-state index is 12.0. The molecule has 0 fully saturated rings. The van der Waals surface area contributed by atoms with Gasteiger partial charge in [0.15, 0.2) is 0 Å². The quantitative estimate of drug-likeness (QED) is 0.818. The van der Waals surface area contributed by atoms with E-state index >= 15 is 0 Å². The fraction of sp³-hybridized carbons (Fsp3) is 0.353. The van der Waals surface area contributed by atoms with Crippen LogP contribution in [0.15, 0.2) is 36.4 Å². The minimum absolute atomic E-state index is 0.0905. The Balaban J connectivity index is 2.15. The van der Waals surface area contributed by atoms with Gasteiger partial charge in [-0.3, -0.25) is 4.79 Å². The normalized spacial score (nSPS) is 12.1. The molecule has 5 nitrogen and oxygen atoms in total. The zero-order valence-electron chi connectivity index (χ0n) is 13.0. The molecule has 0 spiro atoms. The molecule has 1 amide bonds. The molecule has 0 heterocycles. The van der Waals surface area contributed by atoms with E-state index in [4.69, 9.17) is 15.2 Å². The van der Waals surface area contributed by atoms with Crippen LogP contribution in [0.2, 0.25) is 0 Å². The molecule has 0 aliphatic carbocycles. The third-order valence-electron chi connectivity index (χ3n) is 3.69. The number of amides is 1. The number of hydrogen-bond acceptors (Lipinski definition) is 4. The second-order valence-electron chi connectivity index (χ2n) is 5.04. The average Bonchev–Trinajstić information content (AvgIpc) is 2.57. The molecule has 3 N–H and O–H groups in total. The molecule has 0 aliphatic rings. The third-order valence-corrected chi connectivity index (χ3v) is 3.69. The Morgan fingerprint density at radius 2 is 2.00 bits per heavy atom. The highest BCUT2D eigenvalue weighted by atomic mass is 16.5. The van der Waals surface area contributed by atoms with Gasteiger partial charge in [-0.15, -0.1) is 0 Å². The van der Waals surface area contributed by atoms with Gasteiger partial charge in [0.2, 0.25) is 5.91 Å². The van der Waals surface area contributed by atoms with Gasteiger partial charge in [0.1, 0.15) is 5.75 Å². The highest BCUT2D eigenvalue weighted by Crippen LogP contribution is 2.27. The number of fused-ring (bicyclic) bond motifs is 1. The van der Waals surface area contributed by atoms with E-state index in [9.17, 15) is 4.79 Å². The summed E-state index contributed by atoms with van der Waals surface area (Å²) in [7, 11) is 3.18. The molecule has 0 aromatic heterocycles. The standard InChI is InChI=1S/C17H22N2O3/c1-21-13(10-18)9-17(20)19-11-15-14-6-4-3-5-12(14)7-8-16(15)22-2/h3-8,13H,9-11,18H2,1-2H3,(H,19,20). The second kappa shape index (κ2) is 7.77. The average molecular weight is 302 g/mol. The van der Waals surface area contributed by atoms with E-state index in [1.165, 1.54) is 0 Å². The summed E-state index contributed by atoms with van der Waals surface area (Å²) in [5, 5.41) is 5.10. The van der Waals surface area contributed by atoms with Crippen LogP contribution in [0.4, 0.5) is 0 Å². The maximum absolute atomic E-state index is 12.0. The molecule has 0 radical (unpaired) electrons. The maximum Gasteiger partial charge on any atom is 0.222 e. The lowest BCUT2D eigenvalue weighted by Crippen LogP contribution is -2.32. The highest BCUT2D eigenvalue weighted by molar-refractivity contribution is 5.88. The Morgan fingerprint density at radius 3 is 2.68 bits per heavy atom. The second-order valence-corrected chi connectivity index (χ2v) is 5.04. The molecule has 0 saturated heterocycles. The number of ether oxygens (including phenoxy) is 2. The zero-order valence-corrected chi connectivity index (χ0v) is 13.0. The summed E-state index contributed by atoms with van der Waals surface area (Å²) in [6.45, 7) is 0.728. The predicted octanol–water partition coefficient (Wildman–Crippen LogP) is 1.83. The Hall–Kier alpha value is -2.11. The summed E-state index contributed by atoms with van der Waals surface area (Å²) in [5.74, 6) is 0.674. The number of rotatable bonds is 7. The van der Waals surface area contributed by atoms with Crippen LogP contribution in [0.25, 0.3) is 10.8 Å². The van der Waals surface area contributed by atoms with Crippen molar-refractivity contribution >= 4 is 16.7 Å². The fourth-order valence-corrected chi connectivity index (χ4v) is 2.42. The van der Waals surface area contributed by atoms with Gasteiger partial charge in [0.05, 0.1) is 19.6 Å². The van der Waals surface area contributed by atoms with E-state index in [1.54, 1.807) is 14.2 Å². The van der Waals surface area contributed by atoms with Crippen molar-refractivity contribution in [2.45, 2.75) is 19.1 Å². The van der Waals surface area contributed by atoms with Gasteiger partial charge >= 0.3 is 0 Å². The molecule has 1 atom stereocenters. The molecule has 0 aliphatic heterocycles. The van der Waals surface area contributed by atoms with Crippen molar-refractivity contribution in [1.29, 1.82) is 0 Å². The van der Waals surface area contributed by atoms with Crippen LogP contribution in [0.3, 0.4) is 0 Å². The minimum atomic E-state index is -0.255. The van der Waals surface area contributed by atoms with Crippen molar-refractivity contribution in [2.24, 2.45) is 5.73 Å². The summed E-state index contributed by atoms with van der Waals surface area (Å²) in [5.41, 5.74) is 6.50. The zero-order chi connectivity index (χ0) is 15.9. The largest absolute Gasteiger partial charge is 0.496 e. The third kappa shape index (κ3) is 3.75. The van der Waals surface area contributed by atoms with Crippen LogP contribution in [0.1, 0.15) is 12.0 Å². The smallest absolute Gasteiger partial charge is 0.222 e. The van der Waals surface area contributed by atoms with Crippen molar-refractivity contribution < 1.29 is 14.3 Å². The van der Waals surface area contributed by atoms with E-state index in [1.807, 2.05) is 36.4 Å². The number of carbonyl (C=O) groups is 1. The topological polar surface area (TPSA) is 73.6 Å². The Labute approximate surface area is 130 Å². The molecule has 2 aromatic carbocycles. The Bertz CT molecular complexity index is 639. The van der Waals surface area contributed by atoms with E-state index in [2.05, 4.69) is 5.32 Å². The lowest BCUT2D eigenvalue weighted by atomic mass is 10.0. The first kappa shape index (κ1) is 16.3. The molecule has 0 bridgehead atoms. The summed E-state index contributed by atoms with van der Waals surface area (Å²) in [6, 6.07) is 12.0. The molecule has 5 heteroatoms. The first-order valence-corrected chi connectivity index (χ1v) is 7.23. The monoisotopic (exact) mass is 302 g/mol. The van der Waals surface area contributed by atoms with E-state index < -0.39 is 0 Å². The molecule has 1 unspecified atom stereocenters. The first-order valence-electron chi connectivity index (χ1n) is 7.23. The van der Waals surface area contributed by atoms with Crippen LogP contribution in [0, 0.1) is 0 Å². The van der Waals surface area contributed by atoms with Crippen molar-refractivity contribution in [3.8, 4) is 5.75 Å². The van der Waals surface area contributed by atoms with Gasteiger partial charge in [-0.25, -0.2) is 0 Å². The summed E-state index contributed by atoms with van der Waals surface area (Å²) in [4.78, 5) is 12.0. The molecule has 0 saturated carbocycles. The number of nitrogens with one attached hydrogen (secondary N) is 1. The summed E-state index contributed by atoms with van der Waals surface area (Å²) in [6.07, 6.45) is -0.00509. The van der Waals surface area contributed by atoms with E-state index in [0.717, 1.165) is 22.1 Å². The van der Waals surface area contributed by atoms with Gasteiger partial charge in [-0.1, -0.05) is 30.3 Å². The number of nitrogens with two attached hydrogens (primary N) is 1. The van der Waals surface area contributed by atoms with Crippen LogP contribution >= 0.6 is 0 Å². The predicted molar refractivity (Wildman–Crippen MR) is 86.8 cm³/mol. The van der Waals surface area contributed by atoms with E-state index in [0.29, 0.717) is 13.1 Å². The number of benzene rings is 2. The van der Waals surface area contributed by atoms with Gasteiger partial charge in [0, 0.05) is 25.8 Å². The molecule has 2 aromatic rings. The van der Waals surface area contributed by atoms with Crippen molar-refractivity contribution in [1.82, 2.24) is 5.32 Å². The molecular formula is C17H22N2O3. The highest BCUT2D eigenvalue weighted by Gasteiger charge is 2.13. The van der Waals surface area contributed by atoms with E-state index in [-0.39, 0.29) is 18.4 Å². The number of methoxy groups -OCH3 is 2. The van der Waals surface area contributed by atoms with Gasteiger partial charge in [0.25, 0.3) is 0 Å². The lowest BCUT2D eigenvalue weighted by Gasteiger charge is -2.15. The molecule has 22 heavy (non-hydrogen) atoms. The SMILES string of the molecule is COc1ccc2ccccc2c1CNC(=O)CC(CN)OC. The van der Waals surface area contributed by atoms with Gasteiger partial charge in [-0.05, 0) is 16.8 Å². The lowest BCUT2D eigenvalue weighted by molar-refractivity contribution is -0.123. The van der Waals surface area contributed by atoms with Gasteiger partial charge in [-0.2, -0.15) is 0 Å². The molecule has 118 valence electrons. The van der Waals surface area contributed by atoms with Gasteiger partial charge < -0.3 is 20.5 Å². The van der Waals surface area contributed by atoms with Crippen LogP contribution in [-0.4, -0.2) is 32.8 Å². The number of carbonyl (C=O) groups excluding carboxylic acids is 1. The number of hydrogen-bond donors (Lipinski definition) is 2. The van der Waals surface area contributed by atoms with Crippen molar-refractivity contribution in [3.05, 3.63) is 42.0 Å².